The van der Waals surface area contributed by atoms with Gasteiger partial charge in [0.05, 0.1) is 32.7 Å². The molecule has 7 nitrogen and oxygen atoms in total. The van der Waals surface area contributed by atoms with Gasteiger partial charge >= 0.3 is 0 Å². The predicted octanol–water partition coefficient (Wildman–Crippen LogP) is 1.48. The third kappa shape index (κ3) is 4.08. The summed E-state index contributed by atoms with van der Waals surface area (Å²) in [6.45, 7) is 9.33. The maximum Gasteiger partial charge on any atom is 0.184 e. The standard InChI is InChI=1S/C20H27N7/c1-3-26(4-2)13-12-21-19-17-20(23-18(22-19)16-10-11-16)27(25-24-17)14-15-8-6-5-7-9-15/h5-9,16H,3-4,10-14H2,1-2H3,(H,21,22,23)/p+1. The summed E-state index contributed by atoms with van der Waals surface area (Å²) < 4.78 is 1.89. The van der Waals surface area contributed by atoms with Crippen molar-refractivity contribution in [3.8, 4) is 0 Å². The Labute approximate surface area is 159 Å². The molecular weight excluding hydrogens is 338 g/mol. The first-order valence-corrected chi connectivity index (χ1v) is 10.0. The minimum Gasteiger partial charge on any atom is -0.362 e. The highest BCUT2D eigenvalue weighted by Crippen LogP contribution is 2.39. The highest BCUT2D eigenvalue weighted by Gasteiger charge is 2.28. The molecule has 1 saturated carbocycles. The molecule has 0 unspecified atom stereocenters. The van der Waals surface area contributed by atoms with Crippen molar-refractivity contribution in [1.29, 1.82) is 0 Å². The van der Waals surface area contributed by atoms with E-state index in [4.69, 9.17) is 9.97 Å². The minimum absolute atomic E-state index is 0.489. The normalized spacial score (nSPS) is 14.2. The number of benzene rings is 1. The van der Waals surface area contributed by atoms with Crippen molar-refractivity contribution in [1.82, 2.24) is 25.0 Å². The van der Waals surface area contributed by atoms with E-state index in [2.05, 4.69) is 41.6 Å². The highest BCUT2D eigenvalue weighted by atomic mass is 15.4. The SMILES string of the molecule is CC[NH+](CC)CCNc1nc(C2CC2)nc2c1nnn2Cc1ccccc1. The van der Waals surface area contributed by atoms with E-state index in [0.717, 1.165) is 49.0 Å². The molecule has 0 bridgehead atoms. The van der Waals surface area contributed by atoms with Crippen LogP contribution >= 0.6 is 0 Å². The second-order valence-corrected chi connectivity index (χ2v) is 7.24. The number of likely N-dealkylation sites (N-methyl/N-ethyl adjacent to an activating group) is 1. The molecule has 0 spiro atoms. The summed E-state index contributed by atoms with van der Waals surface area (Å²) in [5.74, 6) is 2.24. The Hall–Kier alpha value is -2.54. The van der Waals surface area contributed by atoms with Crippen molar-refractivity contribution < 1.29 is 4.90 Å². The number of hydrogen-bond donors (Lipinski definition) is 2. The molecule has 4 rings (SSSR count). The largest absolute Gasteiger partial charge is 0.362 e. The van der Waals surface area contributed by atoms with Gasteiger partial charge in [0.25, 0.3) is 0 Å². The minimum atomic E-state index is 0.489. The van der Waals surface area contributed by atoms with Gasteiger partial charge in [0.2, 0.25) is 0 Å². The number of hydrogen-bond acceptors (Lipinski definition) is 5. The Morgan fingerprint density at radius 1 is 1.11 bits per heavy atom. The number of nitrogens with zero attached hydrogens (tertiary/aromatic N) is 5. The van der Waals surface area contributed by atoms with Gasteiger partial charge in [-0.25, -0.2) is 14.6 Å². The van der Waals surface area contributed by atoms with Gasteiger partial charge in [-0.15, -0.1) is 5.10 Å². The van der Waals surface area contributed by atoms with Crippen molar-refractivity contribution in [2.75, 3.05) is 31.5 Å². The summed E-state index contributed by atoms with van der Waals surface area (Å²) in [6.07, 6.45) is 2.35. The molecule has 0 amide bonds. The molecule has 2 N–H and O–H groups in total. The predicted molar refractivity (Wildman–Crippen MR) is 106 cm³/mol. The van der Waals surface area contributed by atoms with Gasteiger partial charge in [0.15, 0.2) is 17.0 Å². The Bertz CT molecular complexity index is 882. The van der Waals surface area contributed by atoms with E-state index in [1.54, 1.807) is 4.90 Å². The molecule has 0 radical (unpaired) electrons. The van der Waals surface area contributed by atoms with E-state index in [0.29, 0.717) is 12.5 Å². The van der Waals surface area contributed by atoms with Gasteiger partial charge in [-0.2, -0.15) is 0 Å². The van der Waals surface area contributed by atoms with Crippen LogP contribution in [0.4, 0.5) is 5.82 Å². The van der Waals surface area contributed by atoms with Gasteiger partial charge in [-0.3, -0.25) is 0 Å². The summed E-state index contributed by atoms with van der Waals surface area (Å²) in [6, 6.07) is 10.3. The van der Waals surface area contributed by atoms with Crippen LogP contribution in [0.2, 0.25) is 0 Å². The van der Waals surface area contributed by atoms with Crippen LogP contribution in [-0.2, 0) is 6.54 Å². The number of fused-ring (bicyclic) bond motifs is 1. The molecule has 0 atom stereocenters. The van der Waals surface area contributed by atoms with Crippen molar-refractivity contribution in [3.63, 3.8) is 0 Å². The summed E-state index contributed by atoms with van der Waals surface area (Å²) in [5, 5.41) is 12.3. The van der Waals surface area contributed by atoms with Gasteiger partial charge in [-0.1, -0.05) is 35.5 Å². The number of aromatic nitrogens is 5. The molecule has 1 aliphatic carbocycles. The zero-order valence-corrected chi connectivity index (χ0v) is 16.1. The second kappa shape index (κ2) is 8.00. The van der Waals surface area contributed by atoms with Crippen molar-refractivity contribution in [2.45, 2.75) is 39.2 Å². The fourth-order valence-electron chi connectivity index (χ4n) is 3.34. The highest BCUT2D eigenvalue weighted by molar-refractivity contribution is 5.82. The molecule has 1 fully saturated rings. The lowest BCUT2D eigenvalue weighted by Gasteiger charge is -2.16. The van der Waals surface area contributed by atoms with Crippen LogP contribution < -0.4 is 10.2 Å². The van der Waals surface area contributed by atoms with E-state index in [-0.39, 0.29) is 0 Å². The molecule has 7 heteroatoms. The molecule has 2 aromatic heterocycles. The fraction of sp³-hybridized carbons (Fsp3) is 0.500. The molecule has 0 aliphatic heterocycles. The van der Waals surface area contributed by atoms with E-state index in [9.17, 15) is 0 Å². The number of nitrogens with one attached hydrogen (secondary N) is 2. The molecular formula is C20H28N7+. The van der Waals surface area contributed by atoms with E-state index >= 15 is 0 Å². The summed E-state index contributed by atoms with van der Waals surface area (Å²) >= 11 is 0. The lowest BCUT2D eigenvalue weighted by molar-refractivity contribution is -0.894. The van der Waals surface area contributed by atoms with Crippen LogP contribution in [0.3, 0.4) is 0 Å². The lowest BCUT2D eigenvalue weighted by Crippen LogP contribution is -3.12. The first-order valence-electron chi connectivity index (χ1n) is 10.0. The van der Waals surface area contributed by atoms with Gasteiger partial charge in [0.1, 0.15) is 5.82 Å². The fourth-order valence-corrected chi connectivity index (χ4v) is 3.34. The zero-order valence-electron chi connectivity index (χ0n) is 16.1. The van der Waals surface area contributed by atoms with Crippen molar-refractivity contribution >= 4 is 17.0 Å². The summed E-state index contributed by atoms with van der Waals surface area (Å²) in [5.41, 5.74) is 2.79. The van der Waals surface area contributed by atoms with Crippen LogP contribution in [0.5, 0.6) is 0 Å². The molecule has 1 aromatic carbocycles. The smallest absolute Gasteiger partial charge is 0.184 e. The number of quaternary nitrogens is 1. The monoisotopic (exact) mass is 366 g/mol. The Morgan fingerprint density at radius 2 is 1.89 bits per heavy atom. The van der Waals surface area contributed by atoms with Crippen molar-refractivity contribution in [2.24, 2.45) is 0 Å². The summed E-state index contributed by atoms with van der Waals surface area (Å²) in [7, 11) is 0. The molecule has 1 aliphatic rings. The molecule has 2 heterocycles. The first-order chi connectivity index (χ1) is 13.3. The molecule has 27 heavy (non-hydrogen) atoms. The van der Waals surface area contributed by atoms with Gasteiger partial charge in [-0.05, 0) is 32.3 Å². The topological polar surface area (TPSA) is 73.0 Å². The third-order valence-electron chi connectivity index (χ3n) is 5.27. The van der Waals surface area contributed by atoms with E-state index in [1.807, 2.05) is 22.9 Å². The number of rotatable bonds is 9. The second-order valence-electron chi connectivity index (χ2n) is 7.24. The maximum absolute atomic E-state index is 4.81. The van der Waals surface area contributed by atoms with Crippen LogP contribution in [0.1, 0.15) is 44.0 Å². The molecule has 142 valence electrons. The Kier molecular flexibility index (Phi) is 5.29. The number of anilines is 1. The average Bonchev–Trinajstić information content (AvgIpc) is 3.48. The Balaban J connectivity index is 1.60. The maximum atomic E-state index is 4.81. The van der Waals surface area contributed by atoms with Crippen molar-refractivity contribution in [3.05, 3.63) is 41.7 Å². The zero-order chi connectivity index (χ0) is 18.6. The molecule has 0 saturated heterocycles. The van der Waals surface area contributed by atoms with Crippen LogP contribution in [0.25, 0.3) is 11.2 Å². The third-order valence-corrected chi connectivity index (χ3v) is 5.27. The first kappa shape index (κ1) is 17.9. The van der Waals surface area contributed by atoms with E-state index < -0.39 is 0 Å². The Morgan fingerprint density at radius 3 is 2.59 bits per heavy atom. The van der Waals surface area contributed by atoms with Crippen LogP contribution in [-0.4, -0.2) is 51.1 Å². The summed E-state index contributed by atoms with van der Waals surface area (Å²) in [4.78, 5) is 11.2. The van der Waals surface area contributed by atoms with Crippen LogP contribution in [0.15, 0.2) is 30.3 Å². The van der Waals surface area contributed by atoms with Crippen LogP contribution in [0, 0.1) is 0 Å². The average molecular weight is 366 g/mol. The quantitative estimate of drug-likeness (QED) is 0.600. The van der Waals surface area contributed by atoms with E-state index in [1.165, 1.54) is 18.4 Å². The van der Waals surface area contributed by atoms with Gasteiger partial charge in [0, 0.05) is 5.92 Å². The lowest BCUT2D eigenvalue weighted by atomic mass is 10.2. The molecule has 3 aromatic rings. The van der Waals surface area contributed by atoms with Gasteiger partial charge < -0.3 is 10.2 Å².